The standard InChI is InChI=1S/C16H23NO3/c1-12(2)10-17(11-16(18)19)7-5-13-3-4-15-14(9-13)6-8-20-15/h3-4,9,12H,5-8,10-11H2,1-2H3,(H,18,19). The summed E-state index contributed by atoms with van der Waals surface area (Å²) in [6.07, 6.45) is 1.86. The molecule has 1 aliphatic rings. The van der Waals surface area contributed by atoms with Crippen molar-refractivity contribution in [2.45, 2.75) is 26.7 Å². The van der Waals surface area contributed by atoms with Gasteiger partial charge in [0.1, 0.15) is 5.75 Å². The lowest BCUT2D eigenvalue weighted by Crippen LogP contribution is -2.34. The van der Waals surface area contributed by atoms with Crippen LogP contribution >= 0.6 is 0 Å². The molecule has 0 unspecified atom stereocenters. The van der Waals surface area contributed by atoms with Crippen molar-refractivity contribution in [3.63, 3.8) is 0 Å². The van der Waals surface area contributed by atoms with Crippen LogP contribution < -0.4 is 4.74 Å². The molecule has 1 heterocycles. The van der Waals surface area contributed by atoms with Crippen LogP contribution in [0.25, 0.3) is 0 Å². The maximum absolute atomic E-state index is 10.9. The van der Waals surface area contributed by atoms with Crippen molar-refractivity contribution >= 4 is 5.97 Å². The number of rotatable bonds is 7. The summed E-state index contributed by atoms with van der Waals surface area (Å²) in [4.78, 5) is 12.9. The average molecular weight is 277 g/mol. The largest absolute Gasteiger partial charge is 0.493 e. The normalized spacial score (nSPS) is 13.6. The van der Waals surface area contributed by atoms with Crippen molar-refractivity contribution in [1.29, 1.82) is 0 Å². The van der Waals surface area contributed by atoms with Crippen LogP contribution in [0.2, 0.25) is 0 Å². The molecule has 0 radical (unpaired) electrons. The number of hydrogen-bond donors (Lipinski definition) is 1. The molecule has 1 N–H and O–H groups in total. The Kier molecular flexibility index (Phi) is 5.01. The molecule has 1 aliphatic heterocycles. The Morgan fingerprint density at radius 2 is 2.25 bits per heavy atom. The third kappa shape index (κ3) is 4.23. The van der Waals surface area contributed by atoms with Crippen LogP contribution in [-0.4, -0.2) is 42.2 Å². The highest BCUT2D eigenvalue weighted by atomic mass is 16.5. The van der Waals surface area contributed by atoms with Gasteiger partial charge in [-0.05, 0) is 29.5 Å². The molecule has 0 aromatic heterocycles. The van der Waals surface area contributed by atoms with Gasteiger partial charge < -0.3 is 9.84 Å². The topological polar surface area (TPSA) is 49.8 Å². The third-order valence-electron chi connectivity index (χ3n) is 3.45. The Morgan fingerprint density at radius 3 is 2.95 bits per heavy atom. The summed E-state index contributed by atoms with van der Waals surface area (Å²) in [5.74, 6) is 0.717. The fourth-order valence-electron chi connectivity index (χ4n) is 2.63. The predicted octanol–water partition coefficient (Wildman–Crippen LogP) is 2.21. The number of hydrogen-bond acceptors (Lipinski definition) is 3. The van der Waals surface area contributed by atoms with Crippen LogP contribution in [0, 0.1) is 5.92 Å². The zero-order valence-electron chi connectivity index (χ0n) is 12.3. The lowest BCUT2D eigenvalue weighted by molar-refractivity contribution is -0.138. The highest BCUT2D eigenvalue weighted by Crippen LogP contribution is 2.26. The Balaban J connectivity index is 1.92. The smallest absolute Gasteiger partial charge is 0.317 e. The molecule has 0 bridgehead atoms. The molecular weight excluding hydrogens is 254 g/mol. The van der Waals surface area contributed by atoms with Gasteiger partial charge in [-0.2, -0.15) is 0 Å². The number of carbonyl (C=O) groups is 1. The summed E-state index contributed by atoms with van der Waals surface area (Å²) in [6.45, 7) is 6.72. The quantitative estimate of drug-likeness (QED) is 0.830. The first kappa shape index (κ1) is 14.9. The molecular formula is C16H23NO3. The molecule has 0 saturated carbocycles. The van der Waals surface area contributed by atoms with Gasteiger partial charge in [-0.1, -0.05) is 26.0 Å². The summed E-state index contributed by atoms with van der Waals surface area (Å²) in [5, 5.41) is 8.96. The minimum absolute atomic E-state index is 0.117. The number of carboxylic acids is 1. The Hall–Kier alpha value is -1.55. The maximum Gasteiger partial charge on any atom is 0.317 e. The van der Waals surface area contributed by atoms with Crippen molar-refractivity contribution in [3.8, 4) is 5.75 Å². The van der Waals surface area contributed by atoms with Crippen LogP contribution in [0.3, 0.4) is 0 Å². The van der Waals surface area contributed by atoms with E-state index in [-0.39, 0.29) is 6.54 Å². The van der Waals surface area contributed by atoms with Crippen molar-refractivity contribution in [2.75, 3.05) is 26.2 Å². The zero-order valence-corrected chi connectivity index (χ0v) is 12.3. The number of fused-ring (bicyclic) bond motifs is 1. The lowest BCUT2D eigenvalue weighted by atomic mass is 10.1. The molecule has 0 fully saturated rings. The van der Waals surface area contributed by atoms with E-state index >= 15 is 0 Å². The van der Waals surface area contributed by atoms with E-state index in [0.717, 1.165) is 38.3 Å². The third-order valence-corrected chi connectivity index (χ3v) is 3.45. The second-order valence-electron chi connectivity index (χ2n) is 5.81. The summed E-state index contributed by atoms with van der Waals surface area (Å²) in [7, 11) is 0. The van der Waals surface area contributed by atoms with Crippen molar-refractivity contribution in [1.82, 2.24) is 4.90 Å². The van der Waals surface area contributed by atoms with E-state index in [1.165, 1.54) is 11.1 Å². The number of carboxylic acid groups (broad SMARTS) is 1. The van der Waals surface area contributed by atoms with Gasteiger partial charge in [-0.3, -0.25) is 9.69 Å². The second-order valence-corrected chi connectivity index (χ2v) is 5.81. The predicted molar refractivity (Wildman–Crippen MR) is 78.3 cm³/mol. The lowest BCUT2D eigenvalue weighted by Gasteiger charge is -2.22. The SMILES string of the molecule is CC(C)CN(CCc1ccc2c(c1)CCO2)CC(=O)O. The van der Waals surface area contributed by atoms with Gasteiger partial charge in [0.15, 0.2) is 0 Å². The van der Waals surface area contributed by atoms with Gasteiger partial charge in [0, 0.05) is 19.5 Å². The van der Waals surface area contributed by atoms with Crippen molar-refractivity contribution < 1.29 is 14.6 Å². The van der Waals surface area contributed by atoms with E-state index < -0.39 is 5.97 Å². The summed E-state index contributed by atoms with van der Waals surface area (Å²) in [5.41, 5.74) is 2.53. The Bertz CT molecular complexity index is 471. The van der Waals surface area contributed by atoms with Crippen molar-refractivity contribution in [2.24, 2.45) is 5.92 Å². The molecule has 0 atom stereocenters. The van der Waals surface area contributed by atoms with Crippen LogP contribution in [0.15, 0.2) is 18.2 Å². The number of ether oxygens (including phenoxy) is 1. The molecule has 20 heavy (non-hydrogen) atoms. The van der Waals surface area contributed by atoms with Gasteiger partial charge in [-0.15, -0.1) is 0 Å². The van der Waals surface area contributed by atoms with E-state index in [1.54, 1.807) is 0 Å². The highest BCUT2D eigenvalue weighted by molar-refractivity contribution is 5.69. The molecule has 2 rings (SSSR count). The van der Waals surface area contributed by atoms with Crippen LogP contribution in [0.5, 0.6) is 5.75 Å². The first-order valence-electron chi connectivity index (χ1n) is 7.23. The molecule has 0 aliphatic carbocycles. The average Bonchev–Trinajstić information content (AvgIpc) is 2.81. The molecule has 110 valence electrons. The van der Waals surface area contributed by atoms with Crippen LogP contribution in [0.1, 0.15) is 25.0 Å². The van der Waals surface area contributed by atoms with E-state index in [2.05, 4.69) is 26.0 Å². The monoisotopic (exact) mass is 277 g/mol. The summed E-state index contributed by atoms with van der Waals surface area (Å²) >= 11 is 0. The molecule has 1 aromatic carbocycles. The first-order chi connectivity index (χ1) is 9.54. The van der Waals surface area contributed by atoms with E-state index in [1.807, 2.05) is 11.0 Å². The van der Waals surface area contributed by atoms with Gasteiger partial charge in [0.25, 0.3) is 0 Å². The second kappa shape index (κ2) is 6.75. The molecule has 4 nitrogen and oxygen atoms in total. The van der Waals surface area contributed by atoms with Crippen LogP contribution in [-0.2, 0) is 17.6 Å². The van der Waals surface area contributed by atoms with E-state index in [9.17, 15) is 4.79 Å². The van der Waals surface area contributed by atoms with E-state index in [0.29, 0.717) is 5.92 Å². The summed E-state index contributed by atoms with van der Waals surface area (Å²) < 4.78 is 5.50. The minimum atomic E-state index is -0.756. The fraction of sp³-hybridized carbons (Fsp3) is 0.562. The van der Waals surface area contributed by atoms with Gasteiger partial charge >= 0.3 is 5.97 Å². The van der Waals surface area contributed by atoms with E-state index in [4.69, 9.17) is 9.84 Å². The fourth-order valence-corrected chi connectivity index (χ4v) is 2.63. The Morgan fingerprint density at radius 1 is 1.45 bits per heavy atom. The highest BCUT2D eigenvalue weighted by Gasteiger charge is 2.14. The van der Waals surface area contributed by atoms with Gasteiger partial charge in [-0.25, -0.2) is 0 Å². The Labute approximate surface area is 120 Å². The summed E-state index contributed by atoms with van der Waals surface area (Å²) in [6, 6.07) is 6.30. The molecule has 0 saturated heterocycles. The first-order valence-corrected chi connectivity index (χ1v) is 7.23. The minimum Gasteiger partial charge on any atom is -0.493 e. The molecule has 4 heteroatoms. The number of aliphatic carboxylic acids is 1. The van der Waals surface area contributed by atoms with Gasteiger partial charge in [0.05, 0.1) is 13.2 Å². The zero-order chi connectivity index (χ0) is 14.5. The number of nitrogens with zero attached hydrogens (tertiary/aromatic N) is 1. The van der Waals surface area contributed by atoms with Crippen LogP contribution in [0.4, 0.5) is 0 Å². The van der Waals surface area contributed by atoms with Crippen molar-refractivity contribution in [3.05, 3.63) is 29.3 Å². The number of benzene rings is 1. The van der Waals surface area contributed by atoms with Gasteiger partial charge in [0.2, 0.25) is 0 Å². The maximum atomic E-state index is 10.9. The molecule has 1 aromatic rings. The molecule has 0 amide bonds. The molecule has 0 spiro atoms.